The van der Waals surface area contributed by atoms with Gasteiger partial charge in [-0.25, -0.2) is 9.18 Å². The standard InChI is InChI=1S/C31H29ClFN3O6/c1-35-16-24(22-5-3-4-6-27(22)35)30(38)34-26-10-7-18(11-25(26)32)12-29(37)36-15-19(33)13-20(36)17-42-21-8-9-23(31(39)40)28(14-21)41-2/h3-11,14,16,19-20H,12-13,15,17H2,1-2H3,(H,34,38)(H,39,40)/t19-,20-/m0/s1. The second-order valence-corrected chi connectivity index (χ2v) is 10.5. The van der Waals surface area contributed by atoms with Crippen LogP contribution in [0.3, 0.4) is 0 Å². The van der Waals surface area contributed by atoms with Crippen LogP contribution in [-0.4, -0.2) is 64.8 Å². The second-order valence-electron chi connectivity index (χ2n) is 10.1. The molecule has 1 saturated heterocycles. The van der Waals surface area contributed by atoms with Crippen molar-refractivity contribution in [2.24, 2.45) is 7.05 Å². The van der Waals surface area contributed by atoms with Crippen molar-refractivity contribution in [2.75, 3.05) is 25.6 Å². The molecule has 11 heteroatoms. The number of carbonyl (C=O) groups excluding carboxylic acids is 2. The Hall–Kier alpha value is -4.57. The molecule has 218 valence electrons. The smallest absolute Gasteiger partial charge is 0.339 e. The number of aryl methyl sites for hydroxylation is 1. The third-order valence-corrected chi connectivity index (χ3v) is 7.62. The van der Waals surface area contributed by atoms with Crippen LogP contribution in [0.5, 0.6) is 11.5 Å². The fourth-order valence-electron chi connectivity index (χ4n) is 5.21. The van der Waals surface area contributed by atoms with Crippen molar-refractivity contribution >= 4 is 46.0 Å². The number of hydrogen-bond donors (Lipinski definition) is 2. The summed E-state index contributed by atoms with van der Waals surface area (Å²) in [6.45, 7) is -0.0251. The van der Waals surface area contributed by atoms with Crippen LogP contribution in [0.15, 0.2) is 66.9 Å². The molecular formula is C31H29ClFN3O6. The molecule has 1 fully saturated rings. The molecule has 1 aliphatic rings. The molecule has 42 heavy (non-hydrogen) atoms. The quantitative estimate of drug-likeness (QED) is 0.271. The first-order valence-electron chi connectivity index (χ1n) is 13.3. The summed E-state index contributed by atoms with van der Waals surface area (Å²) in [7, 11) is 3.23. The van der Waals surface area contributed by atoms with E-state index in [-0.39, 0.29) is 54.1 Å². The number of halogens is 2. The average Bonchev–Trinajstić information content (AvgIpc) is 3.52. The van der Waals surface area contributed by atoms with Gasteiger partial charge in [0.2, 0.25) is 5.91 Å². The number of aromatic nitrogens is 1. The second kappa shape index (κ2) is 12.1. The number of carboxylic acid groups (broad SMARTS) is 1. The van der Waals surface area contributed by atoms with E-state index in [1.807, 2.05) is 35.9 Å². The zero-order chi connectivity index (χ0) is 30.0. The van der Waals surface area contributed by atoms with E-state index in [0.29, 0.717) is 22.6 Å². The number of methoxy groups -OCH3 is 1. The predicted octanol–water partition coefficient (Wildman–Crippen LogP) is 5.35. The van der Waals surface area contributed by atoms with E-state index < -0.39 is 18.2 Å². The molecule has 0 bridgehead atoms. The van der Waals surface area contributed by atoms with Gasteiger partial charge in [0, 0.05) is 36.6 Å². The minimum Gasteiger partial charge on any atom is -0.496 e. The third kappa shape index (κ3) is 6.03. The highest BCUT2D eigenvalue weighted by molar-refractivity contribution is 6.34. The van der Waals surface area contributed by atoms with Gasteiger partial charge in [-0.2, -0.15) is 0 Å². The number of alkyl halides is 1. The average molecular weight is 594 g/mol. The van der Waals surface area contributed by atoms with E-state index in [2.05, 4.69) is 5.32 Å². The molecule has 1 aliphatic heterocycles. The maximum Gasteiger partial charge on any atom is 0.339 e. The molecule has 9 nitrogen and oxygen atoms in total. The molecule has 0 unspecified atom stereocenters. The summed E-state index contributed by atoms with van der Waals surface area (Å²) in [5, 5.41) is 13.2. The number of hydrogen-bond acceptors (Lipinski definition) is 5. The van der Waals surface area contributed by atoms with Crippen molar-refractivity contribution in [3.8, 4) is 11.5 Å². The summed E-state index contributed by atoms with van der Waals surface area (Å²) < 4.78 is 27.2. The first-order chi connectivity index (χ1) is 20.1. The molecule has 2 N–H and O–H groups in total. The number of benzene rings is 3. The predicted molar refractivity (Wildman–Crippen MR) is 156 cm³/mol. The van der Waals surface area contributed by atoms with Crippen LogP contribution in [0.2, 0.25) is 5.02 Å². The summed E-state index contributed by atoms with van der Waals surface area (Å²) in [6.07, 6.45) is 0.677. The molecule has 2 heterocycles. The van der Waals surface area contributed by atoms with Crippen LogP contribution in [0, 0.1) is 0 Å². The number of para-hydroxylation sites is 1. The highest BCUT2D eigenvalue weighted by Crippen LogP contribution is 2.29. The van der Waals surface area contributed by atoms with Gasteiger partial charge in [0.15, 0.2) is 0 Å². The van der Waals surface area contributed by atoms with Crippen molar-refractivity contribution < 1.29 is 33.4 Å². The third-order valence-electron chi connectivity index (χ3n) is 7.31. The first-order valence-corrected chi connectivity index (χ1v) is 13.6. The maximum atomic E-state index is 14.4. The van der Waals surface area contributed by atoms with Crippen LogP contribution in [0.4, 0.5) is 10.1 Å². The molecule has 5 rings (SSSR count). The molecule has 0 spiro atoms. The molecule has 0 radical (unpaired) electrons. The molecule has 2 amide bonds. The van der Waals surface area contributed by atoms with E-state index in [0.717, 1.165) is 10.9 Å². The van der Waals surface area contributed by atoms with Crippen molar-refractivity contribution in [2.45, 2.75) is 25.1 Å². The zero-order valence-corrected chi connectivity index (χ0v) is 23.7. The van der Waals surface area contributed by atoms with Crippen molar-refractivity contribution in [1.29, 1.82) is 0 Å². The Kier molecular flexibility index (Phi) is 8.35. The highest BCUT2D eigenvalue weighted by Gasteiger charge is 2.35. The van der Waals surface area contributed by atoms with Crippen molar-refractivity contribution in [3.63, 3.8) is 0 Å². The Morgan fingerprint density at radius 1 is 1.10 bits per heavy atom. The topological polar surface area (TPSA) is 110 Å². The number of carboxylic acids is 1. The lowest BCUT2D eigenvalue weighted by Crippen LogP contribution is -2.40. The van der Waals surface area contributed by atoms with Crippen LogP contribution in [0.1, 0.15) is 32.7 Å². The highest BCUT2D eigenvalue weighted by atomic mass is 35.5. The Labute approximate surface area is 246 Å². The van der Waals surface area contributed by atoms with Gasteiger partial charge in [0.05, 0.1) is 42.4 Å². The number of carbonyl (C=O) groups is 3. The number of fused-ring (bicyclic) bond motifs is 1. The molecule has 1 aromatic heterocycles. The van der Waals surface area contributed by atoms with E-state index in [1.165, 1.54) is 30.2 Å². The van der Waals surface area contributed by atoms with Crippen molar-refractivity contribution in [3.05, 3.63) is 88.6 Å². The molecule has 0 saturated carbocycles. The first kappa shape index (κ1) is 28.9. The summed E-state index contributed by atoms with van der Waals surface area (Å²) >= 11 is 6.48. The number of nitrogens with one attached hydrogen (secondary N) is 1. The van der Waals surface area contributed by atoms with E-state index >= 15 is 0 Å². The normalized spacial score (nSPS) is 16.4. The van der Waals surface area contributed by atoms with Gasteiger partial charge in [0.25, 0.3) is 5.91 Å². The largest absolute Gasteiger partial charge is 0.496 e. The summed E-state index contributed by atoms with van der Waals surface area (Å²) in [4.78, 5) is 39.0. The Bertz CT molecular complexity index is 1670. The van der Waals surface area contributed by atoms with Gasteiger partial charge in [-0.15, -0.1) is 0 Å². The number of anilines is 1. The number of nitrogens with zero attached hydrogens (tertiary/aromatic N) is 2. The molecule has 2 atom stereocenters. The Morgan fingerprint density at radius 2 is 1.88 bits per heavy atom. The van der Waals surface area contributed by atoms with Gasteiger partial charge in [-0.3, -0.25) is 9.59 Å². The van der Waals surface area contributed by atoms with Crippen LogP contribution in [-0.2, 0) is 18.3 Å². The number of ether oxygens (including phenoxy) is 2. The van der Waals surface area contributed by atoms with Gasteiger partial charge in [0.1, 0.15) is 29.8 Å². The van der Waals surface area contributed by atoms with Gasteiger partial charge in [-0.05, 0) is 35.9 Å². The van der Waals surface area contributed by atoms with E-state index in [4.69, 9.17) is 21.1 Å². The molecule has 0 aliphatic carbocycles. The molecule has 3 aromatic carbocycles. The van der Waals surface area contributed by atoms with E-state index in [1.54, 1.807) is 24.4 Å². The van der Waals surface area contributed by atoms with Crippen molar-refractivity contribution in [1.82, 2.24) is 9.47 Å². The fourth-order valence-corrected chi connectivity index (χ4v) is 5.46. The summed E-state index contributed by atoms with van der Waals surface area (Å²) in [5.74, 6) is -1.24. The lowest BCUT2D eigenvalue weighted by atomic mass is 10.1. The molecular weight excluding hydrogens is 565 g/mol. The van der Waals surface area contributed by atoms with Gasteiger partial charge >= 0.3 is 5.97 Å². The number of likely N-dealkylation sites (tertiary alicyclic amines) is 1. The van der Waals surface area contributed by atoms with Gasteiger partial charge in [-0.1, -0.05) is 35.9 Å². The minimum absolute atomic E-state index is 0.0100. The maximum absolute atomic E-state index is 14.4. The van der Waals surface area contributed by atoms with Crippen LogP contribution in [0.25, 0.3) is 10.9 Å². The van der Waals surface area contributed by atoms with Gasteiger partial charge < -0.3 is 29.4 Å². The van der Waals surface area contributed by atoms with Crippen LogP contribution < -0.4 is 14.8 Å². The number of amides is 2. The fraction of sp³-hybridized carbons (Fsp3) is 0.258. The zero-order valence-electron chi connectivity index (χ0n) is 23.0. The number of rotatable bonds is 9. The Balaban J connectivity index is 1.23. The SMILES string of the molecule is COc1cc(OC[C@@H]2C[C@H](F)CN2C(=O)Cc2ccc(NC(=O)c3cn(C)c4ccccc34)c(Cl)c2)ccc1C(=O)O. The Morgan fingerprint density at radius 3 is 2.62 bits per heavy atom. The lowest BCUT2D eigenvalue weighted by Gasteiger charge is -2.25. The lowest BCUT2D eigenvalue weighted by molar-refractivity contribution is -0.132. The minimum atomic E-state index is -1.19. The number of aromatic carboxylic acids is 1. The monoisotopic (exact) mass is 593 g/mol. The summed E-state index contributed by atoms with van der Waals surface area (Å²) in [5.41, 5.74) is 2.46. The molecule has 4 aromatic rings. The van der Waals surface area contributed by atoms with E-state index in [9.17, 15) is 23.9 Å². The van der Waals surface area contributed by atoms with Crippen LogP contribution >= 0.6 is 11.6 Å². The summed E-state index contributed by atoms with van der Waals surface area (Å²) in [6, 6.07) is 16.3.